The fraction of sp³-hybridized carbons (Fsp3) is 0.348. The van der Waals surface area contributed by atoms with Crippen molar-refractivity contribution in [1.29, 1.82) is 10.5 Å². The van der Waals surface area contributed by atoms with Crippen LogP contribution in [0.3, 0.4) is 0 Å². The van der Waals surface area contributed by atoms with E-state index in [1.807, 2.05) is 48.5 Å². The molecule has 0 saturated heterocycles. The number of fused-ring (bicyclic) bond motifs is 6. The van der Waals surface area contributed by atoms with Crippen molar-refractivity contribution in [3.8, 4) is 12.1 Å². The van der Waals surface area contributed by atoms with Gasteiger partial charge in [0.1, 0.15) is 34.8 Å². The van der Waals surface area contributed by atoms with Crippen LogP contribution >= 0.6 is 0 Å². The largest absolute Gasteiger partial charge is 0.444 e. The molecule has 0 amide bonds. The highest BCUT2D eigenvalue weighted by molar-refractivity contribution is 6.03. The molecule has 282 valence electrons. The molecule has 4 N–H and O–H groups in total. The molecule has 10 nitrogen and oxygen atoms in total. The smallest absolute Gasteiger partial charge is 0.205 e. The van der Waals surface area contributed by atoms with E-state index in [-0.39, 0.29) is 45.3 Å². The monoisotopic (exact) mass is 744 g/mol. The number of anilines is 2. The number of Topliss-reactive ketones (excluding diaryl/α,β-unsaturated/α-hetero) is 2. The van der Waals surface area contributed by atoms with Gasteiger partial charge in [0.25, 0.3) is 0 Å². The van der Waals surface area contributed by atoms with Gasteiger partial charge in [-0.2, -0.15) is 10.5 Å². The summed E-state index contributed by atoms with van der Waals surface area (Å²) in [5, 5.41) is 21.0. The number of ketones is 2. The van der Waals surface area contributed by atoms with Crippen LogP contribution in [0.15, 0.2) is 118 Å². The maximum atomic E-state index is 14.0. The molecule has 2 spiro atoms. The van der Waals surface area contributed by atoms with Crippen LogP contribution in [-0.4, -0.2) is 24.7 Å². The molecule has 10 heteroatoms. The van der Waals surface area contributed by atoms with Gasteiger partial charge < -0.3 is 30.7 Å². The predicted octanol–water partition coefficient (Wildman–Crippen LogP) is 6.94. The SMILES string of the molecule is CC1(C)CC(=O)C2=C(C1)OC(N)=C(C#N)C21CN(Cc2ccc(CN3CC4(C(C#N)=C(N)OC5=C4C(=O)CC(C)(C)C5)c4ccccc43)cc2)c2ccccc21. The fourth-order valence-electron chi connectivity index (χ4n) is 10.5. The lowest BCUT2D eigenvalue weighted by atomic mass is 9.62. The first-order chi connectivity index (χ1) is 26.7. The molecule has 0 saturated carbocycles. The number of ether oxygens (including phenoxy) is 2. The van der Waals surface area contributed by atoms with Crippen molar-refractivity contribution in [3.05, 3.63) is 141 Å². The Morgan fingerprint density at radius 2 is 0.982 bits per heavy atom. The molecule has 2 atom stereocenters. The Balaban J connectivity index is 1.02. The Kier molecular flexibility index (Phi) is 7.67. The van der Waals surface area contributed by atoms with Gasteiger partial charge in [0, 0.05) is 63.2 Å². The average Bonchev–Trinajstić information content (AvgIpc) is 3.60. The number of benzene rings is 3. The third-order valence-corrected chi connectivity index (χ3v) is 12.6. The number of hydrogen-bond donors (Lipinski definition) is 2. The summed E-state index contributed by atoms with van der Waals surface area (Å²) < 4.78 is 12.1. The third kappa shape index (κ3) is 5.05. The number of allylic oxidation sites excluding steroid dienone is 2. The molecule has 0 radical (unpaired) electrons. The molecule has 0 aromatic heterocycles. The van der Waals surface area contributed by atoms with Crippen LogP contribution in [0.5, 0.6) is 0 Å². The van der Waals surface area contributed by atoms with Crippen LogP contribution in [0.2, 0.25) is 0 Å². The molecular formula is C46H44N6O4. The maximum Gasteiger partial charge on any atom is 0.205 e. The highest BCUT2D eigenvalue weighted by atomic mass is 16.5. The van der Waals surface area contributed by atoms with Gasteiger partial charge in [0.05, 0.1) is 22.0 Å². The van der Waals surface area contributed by atoms with Crippen molar-refractivity contribution < 1.29 is 19.1 Å². The zero-order valence-corrected chi connectivity index (χ0v) is 32.2. The number of rotatable bonds is 4. The van der Waals surface area contributed by atoms with E-state index in [4.69, 9.17) is 20.9 Å². The summed E-state index contributed by atoms with van der Waals surface area (Å²) in [6.45, 7) is 10.1. The summed E-state index contributed by atoms with van der Waals surface area (Å²) in [7, 11) is 0. The van der Waals surface area contributed by atoms with Crippen LogP contribution in [0.4, 0.5) is 11.4 Å². The molecule has 2 unspecified atom stereocenters. The summed E-state index contributed by atoms with van der Waals surface area (Å²) in [6, 6.07) is 29.1. The molecule has 56 heavy (non-hydrogen) atoms. The lowest BCUT2D eigenvalue weighted by Crippen LogP contribution is -2.46. The number of nitrogens with two attached hydrogens (primary N) is 2. The average molecular weight is 745 g/mol. The van der Waals surface area contributed by atoms with E-state index in [2.05, 4.69) is 73.9 Å². The third-order valence-electron chi connectivity index (χ3n) is 12.6. The van der Waals surface area contributed by atoms with Crippen molar-refractivity contribution in [3.63, 3.8) is 0 Å². The van der Waals surface area contributed by atoms with Crippen LogP contribution < -0.4 is 21.3 Å². The lowest BCUT2D eigenvalue weighted by Gasteiger charge is -2.42. The molecule has 2 aliphatic carbocycles. The van der Waals surface area contributed by atoms with Crippen LogP contribution in [0, 0.1) is 33.5 Å². The molecule has 4 heterocycles. The van der Waals surface area contributed by atoms with Gasteiger partial charge in [-0.05, 0) is 45.2 Å². The first-order valence-corrected chi connectivity index (χ1v) is 19.2. The Hall–Kier alpha value is -6.26. The highest BCUT2D eigenvalue weighted by Gasteiger charge is 2.59. The second kappa shape index (κ2) is 12.1. The van der Waals surface area contributed by atoms with E-state index in [0.717, 1.165) is 33.6 Å². The zero-order valence-electron chi connectivity index (χ0n) is 32.2. The molecule has 3 aromatic carbocycles. The molecule has 3 aromatic rings. The van der Waals surface area contributed by atoms with Crippen molar-refractivity contribution in [2.75, 3.05) is 22.9 Å². The topological polar surface area (TPSA) is 159 Å². The number of carbonyl (C=O) groups excluding carboxylic acids is 2. The Bertz CT molecular complexity index is 2320. The second-order valence-corrected chi connectivity index (χ2v) is 17.8. The number of nitrogens with zero attached hydrogens (tertiary/aromatic N) is 4. The molecule has 9 rings (SSSR count). The van der Waals surface area contributed by atoms with Gasteiger partial charge in [-0.15, -0.1) is 0 Å². The quantitative estimate of drug-likeness (QED) is 0.287. The Morgan fingerprint density at radius 3 is 1.36 bits per heavy atom. The van der Waals surface area contributed by atoms with Gasteiger partial charge in [-0.1, -0.05) is 88.4 Å². The van der Waals surface area contributed by atoms with Gasteiger partial charge in [-0.3, -0.25) is 9.59 Å². The maximum absolute atomic E-state index is 14.0. The van der Waals surface area contributed by atoms with E-state index >= 15 is 0 Å². The number of hydrogen-bond acceptors (Lipinski definition) is 10. The summed E-state index contributed by atoms with van der Waals surface area (Å²) in [5.41, 5.74) is 17.8. The normalized spacial score (nSPS) is 25.8. The predicted molar refractivity (Wildman–Crippen MR) is 211 cm³/mol. The van der Waals surface area contributed by atoms with Crippen molar-refractivity contribution in [2.24, 2.45) is 22.3 Å². The minimum absolute atomic E-state index is 0.00667. The molecule has 0 bridgehead atoms. The van der Waals surface area contributed by atoms with Crippen LogP contribution in [-0.2, 0) is 43.0 Å². The Morgan fingerprint density at radius 1 is 0.607 bits per heavy atom. The zero-order chi connectivity index (χ0) is 39.4. The minimum atomic E-state index is -1.02. The first-order valence-electron chi connectivity index (χ1n) is 19.2. The molecule has 6 aliphatic rings. The van der Waals surface area contributed by atoms with E-state index in [1.54, 1.807) is 0 Å². The summed E-state index contributed by atoms with van der Waals surface area (Å²) >= 11 is 0. The lowest BCUT2D eigenvalue weighted by molar-refractivity contribution is -0.120. The van der Waals surface area contributed by atoms with E-state index < -0.39 is 10.8 Å². The molecule has 0 fully saturated rings. The minimum Gasteiger partial charge on any atom is -0.444 e. The van der Waals surface area contributed by atoms with Crippen LogP contribution in [0.25, 0.3) is 0 Å². The van der Waals surface area contributed by atoms with Gasteiger partial charge in [0.15, 0.2) is 11.6 Å². The van der Waals surface area contributed by atoms with E-state index in [0.29, 0.717) is 74.5 Å². The van der Waals surface area contributed by atoms with Gasteiger partial charge in [-0.25, -0.2) is 0 Å². The summed E-state index contributed by atoms with van der Waals surface area (Å²) in [5.74, 6) is 1.25. The first kappa shape index (κ1) is 35.4. The highest BCUT2D eigenvalue weighted by Crippen LogP contribution is 2.58. The summed E-state index contributed by atoms with van der Waals surface area (Å²) in [4.78, 5) is 32.4. The number of carbonyl (C=O) groups is 2. The van der Waals surface area contributed by atoms with Gasteiger partial charge >= 0.3 is 0 Å². The number of para-hydroxylation sites is 2. The number of nitriles is 2. The van der Waals surface area contributed by atoms with Crippen molar-refractivity contribution in [1.82, 2.24) is 0 Å². The van der Waals surface area contributed by atoms with E-state index in [1.165, 1.54) is 0 Å². The standard InChI is InChI=1S/C46H44N6O4/c1-43(2)17-35(53)39-37(19-43)55-41(49)31(21-47)45(39)25-51(33-11-7-5-9-29(33)45)23-27-13-15-28(16-14-27)24-52-26-46(30-10-6-8-12-34(30)52)32(22-48)42(50)56-38-20-44(3,4)18-36(54)40(38)46/h5-16H,17-20,23-26,49-50H2,1-4H3. The van der Waals surface area contributed by atoms with E-state index in [9.17, 15) is 20.1 Å². The second-order valence-electron chi connectivity index (χ2n) is 17.8. The van der Waals surface area contributed by atoms with Crippen molar-refractivity contribution >= 4 is 22.9 Å². The summed E-state index contributed by atoms with van der Waals surface area (Å²) in [6.07, 6.45) is 1.85. The van der Waals surface area contributed by atoms with Crippen molar-refractivity contribution in [2.45, 2.75) is 77.3 Å². The fourth-order valence-corrected chi connectivity index (χ4v) is 10.5. The van der Waals surface area contributed by atoms with Crippen LogP contribution in [0.1, 0.15) is 75.6 Å². The molecular weight excluding hydrogens is 701 g/mol. The van der Waals surface area contributed by atoms with Gasteiger partial charge in [0.2, 0.25) is 11.8 Å². The Labute approximate surface area is 327 Å². The molecule has 4 aliphatic heterocycles.